The van der Waals surface area contributed by atoms with Crippen molar-refractivity contribution in [2.24, 2.45) is 0 Å². The molecule has 3 atom stereocenters. The molecule has 3 aliphatic carbocycles. The minimum Gasteiger partial charge on any atom is -0.497 e. The third-order valence-corrected chi connectivity index (χ3v) is 19.7. The molecule has 536 valence electrons. The van der Waals surface area contributed by atoms with Gasteiger partial charge in [-0.15, -0.1) is 12.4 Å². The topological polar surface area (TPSA) is 209 Å². The Morgan fingerprint density at radius 2 is 0.724 bits per heavy atom. The van der Waals surface area contributed by atoms with Crippen LogP contribution < -0.4 is 25.4 Å². The molecule has 4 N–H and O–H groups in total. The zero-order chi connectivity index (χ0) is 72.6. The van der Waals surface area contributed by atoms with E-state index in [0.29, 0.717) is 31.6 Å². The highest BCUT2D eigenvalue weighted by Crippen LogP contribution is 2.47. The molecule has 0 spiro atoms. The van der Waals surface area contributed by atoms with E-state index in [1.54, 1.807) is 26.6 Å². The average Bonchev–Trinajstić information content (AvgIpc) is 1.66. The normalized spacial score (nSPS) is 12.9. The van der Waals surface area contributed by atoms with Crippen LogP contribution in [0.2, 0.25) is 0 Å². The maximum atomic E-state index is 12.7. The van der Waals surface area contributed by atoms with E-state index in [4.69, 9.17) is 28.7 Å². The molecule has 0 saturated heterocycles. The Kier molecular flexibility index (Phi) is 25.3. The number of nitrogens with zero attached hydrogens (tertiary/aromatic N) is 3. The SMILES string of the molecule is CCc1cc(OC)ccc1-c1ccc(C[C@@H](C)NC(=O)OCC2c3ccccc3-c3ccccc32)cn1.CCc1cc(OC)ccc1-c1ccc(C[C@H](NC(=O)OCC2c3ccccc3-c3ccccc32)C(=O)O)cn1.C[C@H](Cc1ccc(Br)nc1)NC(=O)OCC1c2ccccc2-c2ccccc21.Cl. The molecule has 3 aromatic heterocycles. The molecule has 3 heterocycles. The van der Waals surface area contributed by atoms with Gasteiger partial charge >= 0.3 is 24.2 Å². The van der Waals surface area contributed by atoms with E-state index >= 15 is 0 Å². The van der Waals surface area contributed by atoms with Gasteiger partial charge in [-0.25, -0.2) is 24.2 Å². The molecule has 0 saturated carbocycles. The fraction of sp³-hybridized carbons (Fsp3) is 0.230. The van der Waals surface area contributed by atoms with Crippen molar-refractivity contribution in [3.63, 3.8) is 0 Å². The van der Waals surface area contributed by atoms with Crippen LogP contribution in [0.3, 0.4) is 0 Å². The van der Waals surface area contributed by atoms with Gasteiger partial charge in [0.25, 0.3) is 0 Å². The number of alkyl carbamates (subject to hydrolysis) is 3. The number of carbonyl (C=O) groups is 4. The molecule has 3 amide bonds. The van der Waals surface area contributed by atoms with Crippen molar-refractivity contribution in [1.82, 2.24) is 30.9 Å². The Bertz CT molecular complexity index is 4710. The van der Waals surface area contributed by atoms with Crippen molar-refractivity contribution >= 4 is 52.6 Å². The molecule has 0 radical (unpaired) electrons. The number of nitrogens with one attached hydrogen (secondary N) is 3. The van der Waals surface area contributed by atoms with Crippen LogP contribution in [0.15, 0.2) is 242 Å². The van der Waals surface area contributed by atoms with Crippen LogP contribution in [0.25, 0.3) is 55.9 Å². The average molecular weight is 1490 g/mol. The molecule has 0 bridgehead atoms. The van der Waals surface area contributed by atoms with E-state index in [-0.39, 0.29) is 61.4 Å². The lowest BCUT2D eigenvalue weighted by molar-refractivity contribution is -0.139. The summed E-state index contributed by atoms with van der Waals surface area (Å²) in [7, 11) is 3.32. The van der Waals surface area contributed by atoms with Crippen LogP contribution in [0.1, 0.15) is 107 Å². The first-order valence-corrected chi connectivity index (χ1v) is 35.9. The lowest BCUT2D eigenvalue weighted by atomic mass is 9.98. The van der Waals surface area contributed by atoms with Crippen molar-refractivity contribution in [2.45, 2.75) is 95.7 Å². The Morgan fingerprint density at radius 3 is 1.02 bits per heavy atom. The Balaban J connectivity index is 0.000000159. The van der Waals surface area contributed by atoms with Gasteiger partial charge in [0.05, 0.1) is 25.6 Å². The first-order chi connectivity index (χ1) is 50.7. The van der Waals surface area contributed by atoms with Gasteiger partial charge in [0.15, 0.2) is 0 Å². The van der Waals surface area contributed by atoms with E-state index in [1.165, 1.54) is 50.1 Å². The predicted octanol–water partition coefficient (Wildman–Crippen LogP) is 18.4. The molecule has 3 aliphatic rings. The van der Waals surface area contributed by atoms with Crippen LogP contribution in [0, 0.1) is 0 Å². The quantitative estimate of drug-likeness (QED) is 0.0368. The third kappa shape index (κ3) is 18.1. The fourth-order valence-corrected chi connectivity index (χ4v) is 14.4. The minimum absolute atomic E-state index is 0. The van der Waals surface area contributed by atoms with Crippen LogP contribution in [0.4, 0.5) is 14.4 Å². The van der Waals surface area contributed by atoms with Crippen LogP contribution in [-0.2, 0) is 51.1 Å². The zero-order valence-electron chi connectivity index (χ0n) is 59.4. The van der Waals surface area contributed by atoms with Gasteiger partial charge in [0.1, 0.15) is 42.0 Å². The van der Waals surface area contributed by atoms with Gasteiger partial charge in [0, 0.05) is 66.0 Å². The molecule has 0 fully saturated rings. The summed E-state index contributed by atoms with van der Waals surface area (Å²) in [4.78, 5) is 63.0. The van der Waals surface area contributed by atoms with Gasteiger partial charge in [-0.05, 0) is 205 Å². The monoisotopic (exact) mass is 1490 g/mol. The van der Waals surface area contributed by atoms with Crippen molar-refractivity contribution in [3.05, 3.63) is 303 Å². The molecular weight excluding hydrogens is 1400 g/mol. The number of carboxylic acids is 1. The number of amides is 3. The van der Waals surface area contributed by atoms with E-state index in [2.05, 4.69) is 135 Å². The van der Waals surface area contributed by atoms with E-state index in [0.717, 1.165) is 90.4 Å². The van der Waals surface area contributed by atoms with Gasteiger partial charge in [-0.2, -0.15) is 0 Å². The third-order valence-electron chi connectivity index (χ3n) is 19.2. The smallest absolute Gasteiger partial charge is 0.407 e. The van der Waals surface area contributed by atoms with Crippen molar-refractivity contribution in [3.8, 4) is 67.4 Å². The van der Waals surface area contributed by atoms with Gasteiger partial charge < -0.3 is 44.7 Å². The highest BCUT2D eigenvalue weighted by atomic mass is 79.9. The van der Waals surface area contributed by atoms with E-state index in [9.17, 15) is 24.3 Å². The summed E-state index contributed by atoms with van der Waals surface area (Å²) in [6.07, 6.45) is 6.95. The van der Waals surface area contributed by atoms with Crippen LogP contribution in [-0.4, -0.2) is 96.5 Å². The zero-order valence-corrected chi connectivity index (χ0v) is 61.8. The van der Waals surface area contributed by atoms with Gasteiger partial charge in [0.2, 0.25) is 0 Å². The Morgan fingerprint density at radius 1 is 0.410 bits per heavy atom. The molecule has 16 nitrogen and oxygen atoms in total. The maximum Gasteiger partial charge on any atom is 0.407 e. The summed E-state index contributed by atoms with van der Waals surface area (Å²) in [6.45, 7) is 8.89. The Hall–Kier alpha value is -11.1. The van der Waals surface area contributed by atoms with E-state index in [1.807, 2.05) is 160 Å². The number of fused-ring (bicyclic) bond motifs is 9. The first-order valence-electron chi connectivity index (χ1n) is 35.1. The summed E-state index contributed by atoms with van der Waals surface area (Å²) in [5.41, 5.74) is 23.1. The standard InChI is InChI=1S/C32H30N2O5.C32H32N2O3.C23H21BrN2O2.ClH/c1-3-21-17-22(38-2)13-14-23(21)29-15-12-20(18-33-29)16-30(31(35)36)34-32(37)39-19-28-26-10-6-4-8-24(26)25-9-5-7-11-27(25)28;1-4-23-18-24(36-3)14-15-25(23)31-16-13-22(19-33-31)17-21(2)34-32(35)37-20-30-28-11-7-5-9-26(28)27-10-6-8-12-29(27)30;1-15(12-16-10-11-22(24)25-13-16)26-23(27)28-14-21-19-8-4-2-6-17(19)18-7-3-5-9-20(18)21;/h4-15,17-18,28,30H,3,16,19H2,1-2H3,(H,34,37)(H,35,36);5-16,18-19,21,30H,4,17,20H2,1-3H3,(H,34,35);2-11,13,15,21H,12,14H2,1H3,(H,26,27);1H/t30-;21-;15-;/m011./s1. The molecule has 0 unspecified atom stereocenters. The number of ether oxygens (including phenoxy) is 5. The lowest BCUT2D eigenvalue weighted by Crippen LogP contribution is -2.42. The maximum absolute atomic E-state index is 12.7. The number of carbonyl (C=O) groups excluding carboxylic acids is 3. The number of aliphatic carboxylic acids is 1. The Labute approximate surface area is 627 Å². The van der Waals surface area contributed by atoms with Gasteiger partial charge in [-0.3, -0.25) is 9.97 Å². The number of aryl methyl sites for hydroxylation is 2. The van der Waals surface area contributed by atoms with Crippen molar-refractivity contribution < 1.29 is 48.0 Å². The number of methoxy groups -OCH3 is 2. The highest BCUT2D eigenvalue weighted by molar-refractivity contribution is 9.10. The number of benzene rings is 8. The van der Waals surface area contributed by atoms with Gasteiger partial charge in [-0.1, -0.05) is 178 Å². The predicted molar refractivity (Wildman–Crippen MR) is 416 cm³/mol. The summed E-state index contributed by atoms with van der Waals surface area (Å²) in [5.74, 6) is 0.520. The number of hydrogen-bond acceptors (Lipinski definition) is 12. The number of rotatable bonds is 22. The van der Waals surface area contributed by atoms with Crippen LogP contribution in [0.5, 0.6) is 11.5 Å². The molecule has 18 heteroatoms. The summed E-state index contributed by atoms with van der Waals surface area (Å²) in [5, 5.41) is 18.2. The largest absolute Gasteiger partial charge is 0.497 e. The molecule has 0 aliphatic heterocycles. The second kappa shape index (κ2) is 35.4. The second-order valence-electron chi connectivity index (χ2n) is 26.1. The highest BCUT2D eigenvalue weighted by Gasteiger charge is 2.33. The lowest BCUT2D eigenvalue weighted by Gasteiger charge is -2.17. The first kappa shape index (κ1) is 75.0. The number of pyridine rings is 3. The van der Waals surface area contributed by atoms with Crippen molar-refractivity contribution in [1.29, 1.82) is 0 Å². The number of carboxylic acid groups (broad SMARTS) is 1. The molecule has 14 rings (SSSR count). The van der Waals surface area contributed by atoms with Crippen molar-refractivity contribution in [2.75, 3.05) is 34.0 Å². The van der Waals surface area contributed by atoms with E-state index < -0.39 is 24.2 Å². The summed E-state index contributed by atoms with van der Waals surface area (Å²) < 4.78 is 28.3. The second-order valence-corrected chi connectivity index (χ2v) is 26.9. The molecular formula is C87H84BrClN6O10. The number of aromatic nitrogens is 3. The fourth-order valence-electron chi connectivity index (χ4n) is 14.1. The molecule has 8 aromatic carbocycles. The summed E-state index contributed by atoms with van der Waals surface area (Å²) >= 11 is 3.33. The number of halogens is 2. The van der Waals surface area contributed by atoms with Crippen LogP contribution >= 0.6 is 28.3 Å². The number of hydrogen-bond donors (Lipinski definition) is 4. The minimum atomic E-state index is -1.15. The summed E-state index contributed by atoms with van der Waals surface area (Å²) in [6, 6.07) is 71.8. The molecule has 11 aromatic rings. The molecule has 105 heavy (non-hydrogen) atoms.